The molecule has 0 unspecified atom stereocenters. The van der Waals surface area contributed by atoms with Crippen LogP contribution < -0.4 is 14.8 Å². The van der Waals surface area contributed by atoms with E-state index in [1.807, 2.05) is 18.2 Å². The number of rotatable bonds is 5. The summed E-state index contributed by atoms with van der Waals surface area (Å²) in [5.74, 6) is 1.62. The third-order valence-electron chi connectivity index (χ3n) is 5.43. The summed E-state index contributed by atoms with van der Waals surface area (Å²) in [5, 5.41) is 3.16. The van der Waals surface area contributed by atoms with Crippen LogP contribution in [0.4, 0.5) is 0 Å². The van der Waals surface area contributed by atoms with Gasteiger partial charge in [-0.25, -0.2) is 0 Å². The lowest BCUT2D eigenvalue weighted by Gasteiger charge is -2.33. The highest BCUT2D eigenvalue weighted by Crippen LogP contribution is 2.39. The number of ether oxygens (including phenoxy) is 2. The van der Waals surface area contributed by atoms with E-state index in [1.54, 1.807) is 14.2 Å². The van der Waals surface area contributed by atoms with Crippen molar-refractivity contribution >= 4 is 12.0 Å². The molecule has 3 rings (SSSR count). The van der Waals surface area contributed by atoms with Crippen LogP contribution in [0.1, 0.15) is 50.2 Å². The molecule has 0 heterocycles. The van der Waals surface area contributed by atoms with Crippen molar-refractivity contribution in [3.8, 4) is 11.5 Å². The van der Waals surface area contributed by atoms with Crippen molar-refractivity contribution in [1.82, 2.24) is 5.32 Å². The molecule has 0 aromatic heterocycles. The molecular weight excluding hydrogens is 302 g/mol. The summed E-state index contributed by atoms with van der Waals surface area (Å²) in [6.45, 7) is 3.05. The Bertz CT molecular complexity index is 657. The molecule has 4 heteroatoms. The fourth-order valence-corrected chi connectivity index (χ4v) is 3.88. The van der Waals surface area contributed by atoms with Crippen LogP contribution >= 0.6 is 0 Å². The standard InChI is InChI=1S/C20H27NO3/c1-20(9-5-4-6-10-20)13-21-19(22)14-11-15-16(12-14)18(24-3)8-7-17(15)23-2/h7-8,11H,4-6,9-10,12-13H2,1-3H3,(H,21,22). The second kappa shape index (κ2) is 6.88. The van der Waals surface area contributed by atoms with Gasteiger partial charge in [-0.2, -0.15) is 0 Å². The van der Waals surface area contributed by atoms with Gasteiger partial charge in [0, 0.05) is 29.7 Å². The zero-order valence-electron chi connectivity index (χ0n) is 14.9. The molecular formula is C20H27NO3. The van der Waals surface area contributed by atoms with E-state index in [0.717, 1.165) is 34.7 Å². The van der Waals surface area contributed by atoms with Crippen LogP contribution in [0.25, 0.3) is 6.08 Å². The molecule has 1 aromatic carbocycles. The first-order chi connectivity index (χ1) is 11.6. The average Bonchev–Trinajstić information content (AvgIpc) is 3.05. The number of carbonyl (C=O) groups is 1. The maximum Gasteiger partial charge on any atom is 0.247 e. The minimum absolute atomic E-state index is 0.0297. The number of carbonyl (C=O) groups excluding carboxylic acids is 1. The minimum atomic E-state index is 0.0297. The summed E-state index contributed by atoms with van der Waals surface area (Å²) < 4.78 is 10.9. The maximum atomic E-state index is 12.6. The van der Waals surface area contributed by atoms with Crippen molar-refractivity contribution in [3.05, 3.63) is 28.8 Å². The van der Waals surface area contributed by atoms with Gasteiger partial charge in [0.1, 0.15) is 11.5 Å². The second-order valence-corrected chi connectivity index (χ2v) is 7.26. The molecule has 0 bridgehead atoms. The third kappa shape index (κ3) is 3.28. The Hall–Kier alpha value is -1.97. The summed E-state index contributed by atoms with van der Waals surface area (Å²) in [6.07, 6.45) is 8.81. The summed E-state index contributed by atoms with van der Waals surface area (Å²) in [5.41, 5.74) is 3.03. The maximum absolute atomic E-state index is 12.6. The molecule has 4 nitrogen and oxygen atoms in total. The largest absolute Gasteiger partial charge is 0.496 e. The van der Waals surface area contributed by atoms with E-state index in [1.165, 1.54) is 32.1 Å². The molecule has 1 amide bonds. The number of methoxy groups -OCH3 is 2. The molecule has 130 valence electrons. The Morgan fingerprint density at radius 3 is 2.46 bits per heavy atom. The first kappa shape index (κ1) is 16.9. The predicted molar refractivity (Wildman–Crippen MR) is 95.4 cm³/mol. The highest BCUT2D eigenvalue weighted by atomic mass is 16.5. The van der Waals surface area contributed by atoms with E-state index < -0.39 is 0 Å². The van der Waals surface area contributed by atoms with E-state index >= 15 is 0 Å². The Morgan fingerprint density at radius 1 is 1.12 bits per heavy atom. The van der Waals surface area contributed by atoms with Gasteiger partial charge in [-0.1, -0.05) is 26.2 Å². The minimum Gasteiger partial charge on any atom is -0.496 e. The molecule has 1 N–H and O–H groups in total. The molecule has 0 atom stereocenters. The fraction of sp³-hybridized carbons (Fsp3) is 0.550. The van der Waals surface area contributed by atoms with Gasteiger partial charge in [-0.05, 0) is 36.5 Å². The van der Waals surface area contributed by atoms with E-state index in [2.05, 4.69) is 12.2 Å². The van der Waals surface area contributed by atoms with Crippen molar-refractivity contribution in [2.24, 2.45) is 5.41 Å². The SMILES string of the molecule is COc1ccc(OC)c2c1C=C(C(=O)NCC1(C)CCCCC1)C2. The number of benzene rings is 1. The van der Waals surface area contributed by atoms with Crippen LogP contribution in [-0.2, 0) is 11.2 Å². The van der Waals surface area contributed by atoms with Gasteiger partial charge in [-0.15, -0.1) is 0 Å². The molecule has 1 aromatic rings. The number of nitrogens with one attached hydrogen (secondary N) is 1. The predicted octanol–water partition coefficient (Wildman–Crippen LogP) is 3.73. The Morgan fingerprint density at radius 2 is 1.79 bits per heavy atom. The average molecular weight is 329 g/mol. The highest BCUT2D eigenvalue weighted by Gasteiger charge is 2.29. The monoisotopic (exact) mass is 329 g/mol. The Kier molecular flexibility index (Phi) is 4.83. The van der Waals surface area contributed by atoms with Gasteiger partial charge in [0.25, 0.3) is 0 Å². The lowest BCUT2D eigenvalue weighted by molar-refractivity contribution is -0.118. The van der Waals surface area contributed by atoms with Gasteiger partial charge >= 0.3 is 0 Å². The van der Waals surface area contributed by atoms with E-state index in [4.69, 9.17) is 9.47 Å². The van der Waals surface area contributed by atoms with Crippen molar-refractivity contribution < 1.29 is 14.3 Å². The normalized spacial score (nSPS) is 18.5. The topological polar surface area (TPSA) is 47.6 Å². The molecule has 0 spiro atoms. The lowest BCUT2D eigenvalue weighted by Crippen LogP contribution is -2.37. The van der Waals surface area contributed by atoms with Gasteiger partial charge in [0.15, 0.2) is 0 Å². The summed E-state index contributed by atoms with van der Waals surface area (Å²) in [4.78, 5) is 12.6. The second-order valence-electron chi connectivity index (χ2n) is 7.26. The van der Waals surface area contributed by atoms with Crippen LogP contribution in [0.2, 0.25) is 0 Å². The number of hydrogen-bond donors (Lipinski definition) is 1. The van der Waals surface area contributed by atoms with Crippen molar-refractivity contribution in [2.75, 3.05) is 20.8 Å². The lowest BCUT2D eigenvalue weighted by atomic mass is 9.76. The molecule has 1 fully saturated rings. The Balaban J connectivity index is 1.70. The van der Waals surface area contributed by atoms with Gasteiger partial charge in [0.05, 0.1) is 14.2 Å². The molecule has 24 heavy (non-hydrogen) atoms. The van der Waals surface area contributed by atoms with Crippen LogP contribution in [0.5, 0.6) is 11.5 Å². The summed E-state index contributed by atoms with van der Waals surface area (Å²) >= 11 is 0. The first-order valence-corrected chi connectivity index (χ1v) is 8.79. The first-order valence-electron chi connectivity index (χ1n) is 8.79. The van der Waals surface area contributed by atoms with Gasteiger partial charge in [0.2, 0.25) is 5.91 Å². The Labute approximate surface area is 144 Å². The van der Waals surface area contributed by atoms with E-state index in [9.17, 15) is 4.79 Å². The summed E-state index contributed by atoms with van der Waals surface area (Å²) in [6, 6.07) is 3.79. The van der Waals surface area contributed by atoms with Crippen LogP contribution in [0.3, 0.4) is 0 Å². The molecule has 1 saturated carbocycles. The number of fused-ring (bicyclic) bond motifs is 1. The van der Waals surface area contributed by atoms with Gasteiger partial charge in [-0.3, -0.25) is 4.79 Å². The zero-order chi connectivity index (χ0) is 17.2. The van der Waals surface area contributed by atoms with Crippen molar-refractivity contribution in [1.29, 1.82) is 0 Å². The van der Waals surface area contributed by atoms with E-state index in [-0.39, 0.29) is 11.3 Å². The van der Waals surface area contributed by atoms with Crippen LogP contribution in [0, 0.1) is 5.41 Å². The molecule has 0 saturated heterocycles. The van der Waals surface area contributed by atoms with E-state index in [0.29, 0.717) is 6.42 Å². The van der Waals surface area contributed by atoms with Gasteiger partial charge < -0.3 is 14.8 Å². The summed E-state index contributed by atoms with van der Waals surface area (Å²) in [7, 11) is 3.31. The molecule has 2 aliphatic rings. The van der Waals surface area contributed by atoms with Crippen LogP contribution in [-0.4, -0.2) is 26.7 Å². The highest BCUT2D eigenvalue weighted by molar-refractivity contribution is 6.01. The molecule has 2 aliphatic carbocycles. The quantitative estimate of drug-likeness (QED) is 0.895. The van der Waals surface area contributed by atoms with Crippen molar-refractivity contribution in [3.63, 3.8) is 0 Å². The molecule has 0 aliphatic heterocycles. The third-order valence-corrected chi connectivity index (χ3v) is 5.43. The van der Waals surface area contributed by atoms with Crippen molar-refractivity contribution in [2.45, 2.75) is 45.4 Å². The van der Waals surface area contributed by atoms with Crippen LogP contribution in [0.15, 0.2) is 17.7 Å². The smallest absolute Gasteiger partial charge is 0.247 e. The number of hydrogen-bond acceptors (Lipinski definition) is 3. The number of amides is 1. The zero-order valence-corrected chi connectivity index (χ0v) is 14.9. The molecule has 0 radical (unpaired) electrons. The fourth-order valence-electron chi connectivity index (χ4n) is 3.88.